The van der Waals surface area contributed by atoms with Gasteiger partial charge in [0.05, 0.1) is 0 Å². The third-order valence-electron chi connectivity index (χ3n) is 2.08. The van der Waals surface area contributed by atoms with Crippen LogP contribution in [0.1, 0.15) is 13.3 Å². The molecule has 2 aromatic rings. The Bertz CT molecular complexity index is 524. The Hall–Kier alpha value is -1.27. The number of halogens is 1. The Morgan fingerprint density at radius 1 is 1.35 bits per heavy atom. The van der Waals surface area contributed by atoms with Crippen LogP contribution in [0.2, 0.25) is 0 Å². The number of hydrogen-bond donors (Lipinski definition) is 1. The molecule has 1 aromatic heterocycles. The molecular weight excluding hydrogens is 302 g/mol. The predicted octanol–water partition coefficient (Wildman–Crippen LogP) is 3.32. The molecule has 4 nitrogen and oxygen atoms in total. The number of anilines is 1. The van der Waals surface area contributed by atoms with Gasteiger partial charge in [0.1, 0.15) is 5.01 Å². The standard InChI is InChI=1S/C11H10BrN3OS/c1-2-9(16)13-11-15-14-10(17-11)7-3-5-8(12)6-4-7/h3-6H,2H2,1H3,(H,13,15,16). The van der Waals surface area contributed by atoms with Crippen molar-refractivity contribution in [2.24, 2.45) is 0 Å². The predicted molar refractivity (Wildman–Crippen MR) is 72.0 cm³/mol. The van der Waals surface area contributed by atoms with Gasteiger partial charge in [0.15, 0.2) is 0 Å². The zero-order chi connectivity index (χ0) is 12.3. The molecule has 17 heavy (non-hydrogen) atoms. The van der Waals surface area contributed by atoms with Crippen molar-refractivity contribution in [3.05, 3.63) is 28.7 Å². The number of rotatable bonds is 3. The molecule has 88 valence electrons. The van der Waals surface area contributed by atoms with Crippen molar-refractivity contribution >= 4 is 38.3 Å². The summed E-state index contributed by atoms with van der Waals surface area (Å²) in [5, 5.41) is 12.0. The first kappa shape index (κ1) is 12.2. The molecule has 1 heterocycles. The van der Waals surface area contributed by atoms with Gasteiger partial charge in [-0.15, -0.1) is 10.2 Å². The van der Waals surface area contributed by atoms with Gasteiger partial charge in [0.2, 0.25) is 11.0 Å². The van der Waals surface area contributed by atoms with E-state index in [0.717, 1.165) is 15.0 Å². The van der Waals surface area contributed by atoms with Crippen molar-refractivity contribution in [2.45, 2.75) is 13.3 Å². The van der Waals surface area contributed by atoms with Gasteiger partial charge in [-0.05, 0) is 12.1 Å². The zero-order valence-corrected chi connectivity index (χ0v) is 11.5. The topological polar surface area (TPSA) is 54.9 Å². The average molecular weight is 312 g/mol. The molecule has 1 N–H and O–H groups in total. The van der Waals surface area contributed by atoms with E-state index in [1.54, 1.807) is 6.92 Å². The third kappa shape index (κ3) is 3.10. The number of amides is 1. The molecule has 0 aliphatic carbocycles. The molecule has 0 fully saturated rings. The van der Waals surface area contributed by atoms with E-state index in [1.165, 1.54) is 11.3 Å². The lowest BCUT2D eigenvalue weighted by molar-refractivity contribution is -0.115. The number of aromatic nitrogens is 2. The molecule has 0 bridgehead atoms. The van der Waals surface area contributed by atoms with Gasteiger partial charge in [-0.2, -0.15) is 0 Å². The van der Waals surface area contributed by atoms with Gasteiger partial charge in [0.25, 0.3) is 0 Å². The number of nitrogens with one attached hydrogen (secondary N) is 1. The molecular formula is C11H10BrN3OS. The molecule has 6 heteroatoms. The van der Waals surface area contributed by atoms with Gasteiger partial charge in [-0.1, -0.05) is 46.3 Å². The van der Waals surface area contributed by atoms with Gasteiger partial charge in [0, 0.05) is 16.5 Å². The van der Waals surface area contributed by atoms with E-state index < -0.39 is 0 Å². The van der Waals surface area contributed by atoms with Crippen molar-refractivity contribution < 1.29 is 4.79 Å². The second kappa shape index (κ2) is 5.37. The molecule has 1 aromatic carbocycles. The van der Waals surface area contributed by atoms with Crippen molar-refractivity contribution in [3.63, 3.8) is 0 Å². The molecule has 0 aliphatic rings. The summed E-state index contributed by atoms with van der Waals surface area (Å²) in [7, 11) is 0. The first-order valence-electron chi connectivity index (χ1n) is 5.08. The largest absolute Gasteiger partial charge is 0.301 e. The summed E-state index contributed by atoms with van der Waals surface area (Å²) in [6.07, 6.45) is 0.438. The fourth-order valence-corrected chi connectivity index (χ4v) is 2.22. The second-order valence-electron chi connectivity index (χ2n) is 3.32. The summed E-state index contributed by atoms with van der Waals surface area (Å²) in [6, 6.07) is 7.80. The first-order valence-corrected chi connectivity index (χ1v) is 6.69. The highest BCUT2D eigenvalue weighted by molar-refractivity contribution is 9.10. The molecule has 2 rings (SSSR count). The van der Waals surface area contributed by atoms with Crippen LogP contribution in [0, 0.1) is 0 Å². The summed E-state index contributed by atoms with van der Waals surface area (Å²) >= 11 is 4.74. The van der Waals surface area contributed by atoms with E-state index >= 15 is 0 Å². The summed E-state index contributed by atoms with van der Waals surface area (Å²) in [5.74, 6) is -0.0523. The van der Waals surface area contributed by atoms with Crippen molar-refractivity contribution in [3.8, 4) is 10.6 Å². The zero-order valence-electron chi connectivity index (χ0n) is 9.11. The maximum absolute atomic E-state index is 11.2. The van der Waals surface area contributed by atoms with E-state index in [9.17, 15) is 4.79 Å². The van der Waals surface area contributed by atoms with Crippen LogP contribution in [0.4, 0.5) is 5.13 Å². The monoisotopic (exact) mass is 311 g/mol. The minimum atomic E-state index is -0.0523. The van der Waals surface area contributed by atoms with Crippen LogP contribution in [0.3, 0.4) is 0 Å². The maximum atomic E-state index is 11.2. The van der Waals surface area contributed by atoms with E-state index in [0.29, 0.717) is 11.6 Å². The Kier molecular flexibility index (Phi) is 3.86. The summed E-state index contributed by atoms with van der Waals surface area (Å²) in [5.41, 5.74) is 0.989. The van der Waals surface area contributed by atoms with E-state index in [4.69, 9.17) is 0 Å². The van der Waals surface area contributed by atoms with Crippen molar-refractivity contribution in [1.82, 2.24) is 10.2 Å². The minimum absolute atomic E-state index is 0.0523. The Labute approximate surface area is 111 Å². The number of nitrogens with zero attached hydrogens (tertiary/aromatic N) is 2. The summed E-state index contributed by atoms with van der Waals surface area (Å²) in [4.78, 5) is 11.2. The Morgan fingerprint density at radius 3 is 2.71 bits per heavy atom. The average Bonchev–Trinajstić information content (AvgIpc) is 2.78. The fraction of sp³-hybridized carbons (Fsp3) is 0.182. The molecule has 0 atom stereocenters. The first-order chi connectivity index (χ1) is 8.19. The summed E-state index contributed by atoms with van der Waals surface area (Å²) < 4.78 is 1.02. The molecule has 0 radical (unpaired) electrons. The lowest BCUT2D eigenvalue weighted by atomic mass is 10.2. The lowest BCUT2D eigenvalue weighted by Crippen LogP contribution is -2.08. The number of carbonyl (C=O) groups is 1. The second-order valence-corrected chi connectivity index (χ2v) is 5.21. The van der Waals surface area contributed by atoms with Crippen LogP contribution in [0.5, 0.6) is 0 Å². The molecule has 0 unspecified atom stereocenters. The normalized spacial score (nSPS) is 10.2. The van der Waals surface area contributed by atoms with Crippen LogP contribution in [0.15, 0.2) is 28.7 Å². The highest BCUT2D eigenvalue weighted by Gasteiger charge is 2.08. The quantitative estimate of drug-likeness (QED) is 0.946. The van der Waals surface area contributed by atoms with Crippen LogP contribution >= 0.6 is 27.3 Å². The molecule has 0 saturated carbocycles. The number of benzene rings is 1. The van der Waals surface area contributed by atoms with Gasteiger partial charge in [-0.3, -0.25) is 4.79 Å². The van der Waals surface area contributed by atoms with Crippen LogP contribution in [0.25, 0.3) is 10.6 Å². The van der Waals surface area contributed by atoms with E-state index in [-0.39, 0.29) is 5.91 Å². The van der Waals surface area contributed by atoms with Gasteiger partial charge >= 0.3 is 0 Å². The van der Waals surface area contributed by atoms with Gasteiger partial charge < -0.3 is 5.32 Å². The highest BCUT2D eigenvalue weighted by atomic mass is 79.9. The maximum Gasteiger partial charge on any atom is 0.225 e. The Morgan fingerprint density at radius 2 is 2.06 bits per heavy atom. The van der Waals surface area contributed by atoms with Crippen LogP contribution in [-0.4, -0.2) is 16.1 Å². The minimum Gasteiger partial charge on any atom is -0.301 e. The smallest absolute Gasteiger partial charge is 0.225 e. The third-order valence-corrected chi connectivity index (χ3v) is 3.50. The van der Waals surface area contributed by atoms with Crippen LogP contribution < -0.4 is 5.32 Å². The van der Waals surface area contributed by atoms with Gasteiger partial charge in [-0.25, -0.2) is 0 Å². The van der Waals surface area contributed by atoms with Crippen LogP contribution in [-0.2, 0) is 4.79 Å². The number of carbonyl (C=O) groups excluding carboxylic acids is 1. The molecule has 0 spiro atoms. The fourth-order valence-electron chi connectivity index (χ4n) is 1.19. The molecule has 1 amide bonds. The van der Waals surface area contributed by atoms with Crippen molar-refractivity contribution in [2.75, 3.05) is 5.32 Å². The van der Waals surface area contributed by atoms with Crippen molar-refractivity contribution in [1.29, 1.82) is 0 Å². The van der Waals surface area contributed by atoms with E-state index in [2.05, 4.69) is 31.4 Å². The van der Waals surface area contributed by atoms with E-state index in [1.807, 2.05) is 24.3 Å². The number of hydrogen-bond acceptors (Lipinski definition) is 4. The summed E-state index contributed by atoms with van der Waals surface area (Å²) in [6.45, 7) is 1.80. The lowest BCUT2D eigenvalue weighted by Gasteiger charge is -1.95. The SMILES string of the molecule is CCC(=O)Nc1nnc(-c2ccc(Br)cc2)s1. The molecule has 0 aliphatic heterocycles. The molecule has 0 saturated heterocycles. The Balaban J connectivity index is 2.18. The highest BCUT2D eigenvalue weighted by Crippen LogP contribution is 2.27.